The summed E-state index contributed by atoms with van der Waals surface area (Å²) in [5.74, 6) is 0.460. The summed E-state index contributed by atoms with van der Waals surface area (Å²) in [4.78, 5) is 0.282. The van der Waals surface area contributed by atoms with Crippen molar-refractivity contribution in [1.82, 2.24) is 0 Å². The van der Waals surface area contributed by atoms with Crippen LogP contribution in [0, 0.1) is 3.57 Å². The fourth-order valence-electron chi connectivity index (χ4n) is 1.21. The number of alkyl halides is 4. The van der Waals surface area contributed by atoms with Gasteiger partial charge in [-0.1, -0.05) is 6.07 Å². The summed E-state index contributed by atoms with van der Waals surface area (Å²) in [5.41, 5.74) is -3.52. The quantitative estimate of drug-likeness (QED) is 0.399. The van der Waals surface area contributed by atoms with Gasteiger partial charge < -0.3 is 0 Å². The monoisotopic (exact) mass is 380 g/mol. The van der Waals surface area contributed by atoms with Crippen molar-refractivity contribution in [2.75, 3.05) is 5.88 Å². The molecule has 0 radical (unpaired) electrons. The molecule has 1 aromatic carbocycles. The van der Waals surface area contributed by atoms with Gasteiger partial charge in [0, 0.05) is 14.3 Å². The van der Waals surface area contributed by atoms with E-state index in [1.165, 1.54) is 0 Å². The zero-order valence-corrected chi connectivity index (χ0v) is 11.9. The molecule has 0 amide bonds. The molecule has 0 aliphatic heterocycles. The summed E-state index contributed by atoms with van der Waals surface area (Å²) in [6.45, 7) is 0. The van der Waals surface area contributed by atoms with Crippen LogP contribution in [0.4, 0.5) is 13.2 Å². The van der Waals surface area contributed by atoms with Gasteiger partial charge in [-0.05, 0) is 64.9 Å². The standard InChI is InChI=1S/C10H9ClF3IS/c11-5-1-2-7-3-4-8(15)6-9(7)16-10(12,13)14/h3-4,6H,1-2,5H2. The van der Waals surface area contributed by atoms with Crippen molar-refractivity contribution < 1.29 is 13.2 Å². The van der Waals surface area contributed by atoms with Crippen molar-refractivity contribution in [3.63, 3.8) is 0 Å². The minimum atomic E-state index is -4.24. The van der Waals surface area contributed by atoms with Crippen molar-refractivity contribution in [3.8, 4) is 0 Å². The van der Waals surface area contributed by atoms with E-state index in [9.17, 15) is 13.2 Å². The van der Waals surface area contributed by atoms with Crippen LogP contribution in [0.3, 0.4) is 0 Å². The third kappa shape index (κ3) is 5.14. The zero-order valence-electron chi connectivity index (χ0n) is 8.15. The van der Waals surface area contributed by atoms with Crippen LogP contribution in [-0.2, 0) is 6.42 Å². The molecule has 0 nitrogen and oxygen atoms in total. The molecule has 16 heavy (non-hydrogen) atoms. The highest BCUT2D eigenvalue weighted by Crippen LogP contribution is 2.39. The smallest absolute Gasteiger partial charge is 0.160 e. The second-order valence-corrected chi connectivity index (χ2v) is 5.82. The van der Waals surface area contributed by atoms with Gasteiger partial charge in [0.2, 0.25) is 0 Å². The van der Waals surface area contributed by atoms with Crippen LogP contribution in [0.5, 0.6) is 0 Å². The van der Waals surface area contributed by atoms with Crippen molar-refractivity contribution in [2.45, 2.75) is 23.2 Å². The van der Waals surface area contributed by atoms with E-state index in [0.717, 1.165) is 3.57 Å². The molecule has 0 fully saturated rings. The number of hydrogen-bond acceptors (Lipinski definition) is 1. The summed E-state index contributed by atoms with van der Waals surface area (Å²) in [5, 5.41) is 0. The second kappa shape index (κ2) is 6.35. The topological polar surface area (TPSA) is 0 Å². The van der Waals surface area contributed by atoms with Crippen molar-refractivity contribution in [2.24, 2.45) is 0 Å². The Hall–Kier alpha value is 0.380. The fourth-order valence-corrected chi connectivity index (χ4v) is 2.78. The van der Waals surface area contributed by atoms with Crippen LogP contribution in [0.1, 0.15) is 12.0 Å². The Morgan fingerprint density at radius 3 is 2.56 bits per heavy atom. The SMILES string of the molecule is FC(F)(F)Sc1cc(I)ccc1CCCCl. The second-order valence-electron chi connectivity index (χ2n) is 3.09. The van der Waals surface area contributed by atoms with Gasteiger partial charge in [0.1, 0.15) is 0 Å². The third-order valence-corrected chi connectivity index (χ3v) is 3.60. The van der Waals surface area contributed by atoms with Gasteiger partial charge in [0.25, 0.3) is 0 Å². The van der Waals surface area contributed by atoms with Gasteiger partial charge in [-0.25, -0.2) is 0 Å². The Balaban J connectivity index is 2.89. The third-order valence-electron chi connectivity index (χ3n) is 1.83. The molecule has 0 saturated carbocycles. The molecule has 0 atom stereocenters. The Kier molecular flexibility index (Phi) is 5.73. The maximum absolute atomic E-state index is 12.3. The van der Waals surface area contributed by atoms with E-state index in [1.54, 1.807) is 12.1 Å². The molecule has 1 aromatic rings. The summed E-state index contributed by atoms with van der Waals surface area (Å²) in [6, 6.07) is 5.11. The summed E-state index contributed by atoms with van der Waals surface area (Å²) in [6.07, 6.45) is 1.27. The average molecular weight is 381 g/mol. The van der Waals surface area contributed by atoms with Crippen LogP contribution in [0.15, 0.2) is 23.1 Å². The minimum absolute atomic E-state index is 0.0559. The molecular weight excluding hydrogens is 372 g/mol. The number of halogens is 5. The van der Waals surface area contributed by atoms with Crippen molar-refractivity contribution in [3.05, 3.63) is 27.3 Å². The molecule has 0 N–H and O–H groups in total. The normalized spacial score (nSPS) is 11.8. The lowest BCUT2D eigenvalue weighted by Crippen LogP contribution is -2.01. The summed E-state index contributed by atoms with van der Waals surface area (Å²) in [7, 11) is 0. The molecule has 0 aliphatic rings. The first-order valence-corrected chi connectivity index (χ1v) is 6.95. The molecular formula is C10H9ClF3IS. The highest BCUT2D eigenvalue weighted by atomic mass is 127. The highest BCUT2D eigenvalue weighted by Gasteiger charge is 2.30. The molecule has 1 rings (SSSR count). The molecule has 0 aliphatic carbocycles. The molecule has 0 heterocycles. The van der Waals surface area contributed by atoms with E-state index >= 15 is 0 Å². The molecule has 6 heteroatoms. The number of benzene rings is 1. The van der Waals surface area contributed by atoms with E-state index in [1.807, 2.05) is 28.7 Å². The van der Waals surface area contributed by atoms with Gasteiger partial charge >= 0.3 is 5.51 Å². The lowest BCUT2D eigenvalue weighted by Gasteiger charge is -2.11. The number of aryl methyl sites for hydroxylation is 1. The van der Waals surface area contributed by atoms with E-state index in [-0.39, 0.29) is 16.7 Å². The van der Waals surface area contributed by atoms with Crippen LogP contribution in [0.25, 0.3) is 0 Å². The number of hydrogen-bond donors (Lipinski definition) is 0. The van der Waals surface area contributed by atoms with Crippen LogP contribution < -0.4 is 0 Å². The Morgan fingerprint density at radius 1 is 1.31 bits per heavy atom. The Morgan fingerprint density at radius 2 is 2.00 bits per heavy atom. The first kappa shape index (κ1) is 14.4. The molecule has 0 bridgehead atoms. The zero-order chi connectivity index (χ0) is 12.2. The lowest BCUT2D eigenvalue weighted by molar-refractivity contribution is -0.0328. The number of rotatable bonds is 4. The van der Waals surface area contributed by atoms with Crippen LogP contribution in [-0.4, -0.2) is 11.4 Å². The van der Waals surface area contributed by atoms with Crippen LogP contribution in [0.2, 0.25) is 0 Å². The maximum Gasteiger partial charge on any atom is 0.446 e. The molecule has 0 unspecified atom stereocenters. The highest BCUT2D eigenvalue weighted by molar-refractivity contribution is 14.1. The van der Waals surface area contributed by atoms with Crippen molar-refractivity contribution in [1.29, 1.82) is 0 Å². The van der Waals surface area contributed by atoms with Crippen LogP contribution >= 0.6 is 46.0 Å². The van der Waals surface area contributed by atoms with Gasteiger partial charge in [-0.2, -0.15) is 13.2 Å². The summed E-state index contributed by atoms with van der Waals surface area (Å²) >= 11 is 7.49. The fraction of sp³-hybridized carbons (Fsp3) is 0.400. The lowest BCUT2D eigenvalue weighted by atomic mass is 10.1. The first-order valence-electron chi connectivity index (χ1n) is 4.52. The van der Waals surface area contributed by atoms with E-state index in [2.05, 4.69) is 0 Å². The minimum Gasteiger partial charge on any atom is -0.160 e. The van der Waals surface area contributed by atoms with E-state index in [0.29, 0.717) is 24.3 Å². The van der Waals surface area contributed by atoms with Gasteiger partial charge in [0.15, 0.2) is 0 Å². The average Bonchev–Trinajstić information content (AvgIpc) is 2.14. The van der Waals surface area contributed by atoms with Gasteiger partial charge in [-0.3, -0.25) is 0 Å². The summed E-state index contributed by atoms with van der Waals surface area (Å²) < 4.78 is 37.7. The largest absolute Gasteiger partial charge is 0.446 e. The first-order chi connectivity index (χ1) is 7.42. The van der Waals surface area contributed by atoms with E-state index in [4.69, 9.17) is 11.6 Å². The molecule has 90 valence electrons. The van der Waals surface area contributed by atoms with E-state index < -0.39 is 5.51 Å². The van der Waals surface area contributed by atoms with Gasteiger partial charge in [0.05, 0.1) is 0 Å². The predicted octanol–water partition coefficient (Wildman–Crippen LogP) is 5.07. The van der Waals surface area contributed by atoms with Crippen molar-refractivity contribution >= 4 is 46.0 Å². The number of thioether (sulfide) groups is 1. The van der Waals surface area contributed by atoms with Gasteiger partial charge in [-0.15, -0.1) is 11.6 Å². The maximum atomic E-state index is 12.3. The molecule has 0 aromatic heterocycles. The molecule has 0 saturated heterocycles. The predicted molar refractivity (Wildman–Crippen MR) is 70.1 cm³/mol. The Labute approximate surface area is 115 Å². The molecule has 0 spiro atoms. The Bertz CT molecular complexity index is 354.